The average Bonchev–Trinajstić information content (AvgIpc) is 3.82. The van der Waals surface area contributed by atoms with Crippen LogP contribution in [-0.4, -0.2) is 96.3 Å². The van der Waals surface area contributed by atoms with Crippen molar-refractivity contribution in [3.8, 4) is 51.4 Å². The molecule has 5 aromatic carbocycles. The van der Waals surface area contributed by atoms with Gasteiger partial charge in [-0.25, -0.2) is 0 Å². The van der Waals surface area contributed by atoms with Gasteiger partial charge in [0.1, 0.15) is 46.4 Å². The van der Waals surface area contributed by atoms with Crippen LogP contribution in [0.2, 0.25) is 0 Å². The summed E-state index contributed by atoms with van der Waals surface area (Å²) < 4.78 is 39.2. The van der Waals surface area contributed by atoms with Gasteiger partial charge in [-0.15, -0.1) is 0 Å². The molecule has 2 aliphatic heterocycles. The molecule has 5 aromatic rings. The predicted octanol–water partition coefficient (Wildman–Crippen LogP) is 8.00. The highest BCUT2D eigenvalue weighted by Gasteiger charge is 2.50. The number of methoxy groups -OCH3 is 2. The number of aromatic hydroxyl groups is 3. The van der Waals surface area contributed by atoms with Gasteiger partial charge in [-0.3, -0.25) is 5.32 Å². The Labute approximate surface area is 380 Å². The predicted molar refractivity (Wildman–Crippen MR) is 246 cm³/mol. The second-order valence-corrected chi connectivity index (χ2v) is 17.6. The largest absolute Gasteiger partial charge is 0.508 e. The molecule has 0 aromatic heterocycles. The summed E-state index contributed by atoms with van der Waals surface area (Å²) in [7, 11) is 3.23. The van der Waals surface area contributed by atoms with E-state index in [1.807, 2.05) is 37.3 Å². The number of hydrogen-bond donors (Lipinski definition) is 7. The Bertz CT molecular complexity index is 2420. The molecule has 1 saturated carbocycles. The molecule has 348 valence electrons. The van der Waals surface area contributed by atoms with Crippen molar-refractivity contribution < 1.29 is 59.1 Å². The summed E-state index contributed by atoms with van der Waals surface area (Å²) in [5.74, 6) is 1.53. The van der Waals surface area contributed by atoms with Gasteiger partial charge in [-0.05, 0) is 134 Å². The summed E-state index contributed by atoms with van der Waals surface area (Å²) >= 11 is 0. The topological polar surface area (TPSA) is 189 Å². The molecule has 7 N–H and O–H groups in total. The standard InChI is InChI=1S/C52H63NO12/c1-4-30-22-40(31-9-7-10-34(56)20-31)32(23-45(30)58)19-33-21-38(63-36-11-5-6-12-36)25-42-49(59)44(28-62-50(33)42)48-46(13-8-18-60-2)65-51-39-15-14-35(57)24-41(39)47(61-3)26-43(51)52(48)64-37(16-17-54)27-53-29-55/h7,9-10,14-15,20-26,36-37,44,46,48-49,52-59H,4-6,8,11-13,16-19,27-29H2,1-3H3/t37-,44-,46-,48-,49-,52+/m1/s1. The van der Waals surface area contributed by atoms with Crippen molar-refractivity contribution in [3.63, 3.8) is 0 Å². The van der Waals surface area contributed by atoms with Crippen LogP contribution in [-0.2, 0) is 22.3 Å². The van der Waals surface area contributed by atoms with Crippen molar-refractivity contribution in [1.82, 2.24) is 5.32 Å². The molecule has 0 saturated heterocycles. The minimum Gasteiger partial charge on any atom is -0.508 e. The maximum atomic E-state index is 13.0. The van der Waals surface area contributed by atoms with E-state index in [-0.39, 0.29) is 56.3 Å². The fourth-order valence-corrected chi connectivity index (χ4v) is 10.2. The van der Waals surface area contributed by atoms with E-state index in [9.17, 15) is 30.6 Å². The first-order valence-electron chi connectivity index (χ1n) is 23.0. The van der Waals surface area contributed by atoms with Gasteiger partial charge in [-0.1, -0.05) is 19.1 Å². The lowest BCUT2D eigenvalue weighted by molar-refractivity contribution is -0.135. The minimum absolute atomic E-state index is 0.0305. The van der Waals surface area contributed by atoms with E-state index in [0.29, 0.717) is 71.8 Å². The number of hydrogen-bond acceptors (Lipinski definition) is 13. The van der Waals surface area contributed by atoms with Crippen LogP contribution in [0, 0.1) is 11.8 Å². The zero-order chi connectivity index (χ0) is 45.6. The normalized spacial score (nSPS) is 21.0. The van der Waals surface area contributed by atoms with E-state index in [4.69, 9.17) is 28.4 Å². The average molecular weight is 894 g/mol. The number of benzene rings is 5. The number of aryl methyl sites for hydroxylation is 1. The van der Waals surface area contributed by atoms with Crippen LogP contribution < -0.4 is 24.3 Å². The zero-order valence-corrected chi connectivity index (χ0v) is 37.5. The van der Waals surface area contributed by atoms with Crippen molar-refractivity contribution >= 4 is 10.8 Å². The van der Waals surface area contributed by atoms with Crippen molar-refractivity contribution in [2.24, 2.45) is 11.8 Å². The van der Waals surface area contributed by atoms with E-state index in [0.717, 1.165) is 58.9 Å². The molecule has 0 bridgehead atoms. The number of phenols is 3. The Morgan fingerprint density at radius 2 is 1.66 bits per heavy atom. The number of rotatable bonds is 19. The van der Waals surface area contributed by atoms with E-state index in [2.05, 4.69) is 5.32 Å². The summed E-state index contributed by atoms with van der Waals surface area (Å²) in [6, 6.07) is 21.7. The minimum atomic E-state index is -1.08. The first-order chi connectivity index (χ1) is 31.6. The number of aliphatic hydroxyl groups is 3. The highest BCUT2D eigenvalue weighted by Crippen LogP contribution is 2.55. The maximum absolute atomic E-state index is 13.0. The Balaban J connectivity index is 1.26. The third-order valence-corrected chi connectivity index (χ3v) is 13.4. The Kier molecular flexibility index (Phi) is 14.9. The molecular formula is C52H63NO12. The van der Waals surface area contributed by atoms with Crippen molar-refractivity contribution in [2.75, 3.05) is 47.3 Å². The molecule has 1 fully saturated rings. The number of aliphatic hydroxyl groups excluding tert-OH is 3. The van der Waals surface area contributed by atoms with Gasteiger partial charge in [0.05, 0.1) is 44.9 Å². The number of ether oxygens (including phenoxy) is 6. The van der Waals surface area contributed by atoms with Crippen LogP contribution in [0.15, 0.2) is 72.8 Å². The van der Waals surface area contributed by atoms with Gasteiger partial charge in [0.2, 0.25) is 0 Å². The van der Waals surface area contributed by atoms with Gasteiger partial charge >= 0.3 is 0 Å². The molecule has 3 aliphatic rings. The van der Waals surface area contributed by atoms with Crippen molar-refractivity contribution in [3.05, 3.63) is 101 Å². The maximum Gasteiger partial charge on any atom is 0.133 e. The molecule has 65 heavy (non-hydrogen) atoms. The fraction of sp³-hybridized carbons (Fsp3) is 0.462. The van der Waals surface area contributed by atoms with E-state index in [1.165, 1.54) is 0 Å². The first-order valence-corrected chi connectivity index (χ1v) is 23.0. The van der Waals surface area contributed by atoms with Crippen LogP contribution in [0.3, 0.4) is 0 Å². The molecule has 0 radical (unpaired) electrons. The Hall–Kier alpha value is -5.28. The molecule has 0 unspecified atom stereocenters. The second kappa shape index (κ2) is 20.9. The lowest BCUT2D eigenvalue weighted by Gasteiger charge is -2.47. The second-order valence-electron chi connectivity index (χ2n) is 17.6. The van der Waals surface area contributed by atoms with Gasteiger partial charge in [-0.2, -0.15) is 0 Å². The van der Waals surface area contributed by atoms with Gasteiger partial charge in [0, 0.05) is 72.6 Å². The molecular weight excluding hydrogens is 831 g/mol. The van der Waals surface area contributed by atoms with Crippen LogP contribution in [0.5, 0.6) is 40.2 Å². The first kappa shape index (κ1) is 46.3. The molecule has 2 heterocycles. The fourth-order valence-electron chi connectivity index (χ4n) is 10.2. The van der Waals surface area contributed by atoms with Gasteiger partial charge in [0.15, 0.2) is 0 Å². The molecule has 0 amide bonds. The van der Waals surface area contributed by atoms with Gasteiger partial charge in [0.25, 0.3) is 0 Å². The van der Waals surface area contributed by atoms with Gasteiger partial charge < -0.3 is 59.1 Å². The molecule has 13 heteroatoms. The zero-order valence-electron chi connectivity index (χ0n) is 37.5. The Morgan fingerprint density at radius 3 is 2.40 bits per heavy atom. The molecule has 0 spiro atoms. The third kappa shape index (κ3) is 9.96. The summed E-state index contributed by atoms with van der Waals surface area (Å²) in [5, 5.41) is 69.6. The van der Waals surface area contributed by atoms with E-state index < -0.39 is 36.3 Å². The summed E-state index contributed by atoms with van der Waals surface area (Å²) in [4.78, 5) is 0. The summed E-state index contributed by atoms with van der Waals surface area (Å²) in [6.07, 6.45) is 3.61. The van der Waals surface area contributed by atoms with Crippen LogP contribution >= 0.6 is 0 Å². The van der Waals surface area contributed by atoms with E-state index >= 15 is 0 Å². The Morgan fingerprint density at radius 1 is 0.846 bits per heavy atom. The third-order valence-electron chi connectivity index (χ3n) is 13.4. The molecule has 6 atom stereocenters. The summed E-state index contributed by atoms with van der Waals surface area (Å²) in [5.41, 5.74) is 5.31. The van der Waals surface area contributed by atoms with Crippen molar-refractivity contribution in [2.45, 2.75) is 95.2 Å². The van der Waals surface area contributed by atoms with Crippen LogP contribution in [0.25, 0.3) is 21.9 Å². The van der Waals surface area contributed by atoms with E-state index in [1.54, 1.807) is 56.7 Å². The number of phenolic OH excluding ortho intramolecular Hbond substituents is 3. The van der Waals surface area contributed by atoms with Crippen molar-refractivity contribution in [1.29, 1.82) is 0 Å². The molecule has 1 aliphatic carbocycles. The summed E-state index contributed by atoms with van der Waals surface area (Å²) in [6.45, 7) is 2.39. The smallest absolute Gasteiger partial charge is 0.133 e. The number of fused-ring (bicyclic) bond motifs is 4. The highest BCUT2D eigenvalue weighted by molar-refractivity contribution is 5.96. The quantitative estimate of drug-likeness (QED) is 0.0312. The lowest BCUT2D eigenvalue weighted by Crippen LogP contribution is -2.48. The van der Waals surface area contributed by atoms with Crippen LogP contribution in [0.1, 0.15) is 91.9 Å². The highest BCUT2D eigenvalue weighted by atomic mass is 16.5. The monoisotopic (exact) mass is 893 g/mol. The lowest BCUT2D eigenvalue weighted by atomic mass is 9.72. The SMILES string of the molecule is CCc1cc(-c2cccc(O)c2)c(Cc2cc(OC3CCCC3)cc3c2OC[C@H]([C@@H]2[C@@H](CCCOC)Oc4c(cc(OC)c5cc(O)ccc45)[C@@H]2O[C@H](CCO)CNCO)[C@@H]3O)cc1O. The molecule has 13 nitrogen and oxygen atoms in total. The van der Waals surface area contributed by atoms with Crippen LogP contribution in [0.4, 0.5) is 0 Å². The number of nitrogens with one attached hydrogen (secondary N) is 1. The molecule has 8 rings (SSSR count).